The first-order valence-corrected chi connectivity index (χ1v) is 7.58. The Balaban J connectivity index is 1.83. The normalized spacial score (nSPS) is 40.3. The average Bonchev–Trinajstić information content (AvgIpc) is 3.03. The van der Waals surface area contributed by atoms with Crippen molar-refractivity contribution in [3.8, 4) is 0 Å². The summed E-state index contributed by atoms with van der Waals surface area (Å²) in [6.07, 6.45) is 0.412. The number of carbonyl (C=O) groups excluding carboxylic acids is 2. The summed E-state index contributed by atoms with van der Waals surface area (Å²) < 4.78 is 16.8. The second-order valence-electron chi connectivity index (χ2n) is 6.68. The molecular formula is C16H22O5. The lowest BCUT2D eigenvalue weighted by molar-refractivity contribution is -0.168. The standard InChI is InChI=1S/C16H22O5/c1-7(2)15(17)21-14-10-5-9(13(14)20-8(3)4)11-6-19-16(18)12(10)11/h8-14H,1,5-6H2,2-4H3. The molecule has 0 amide bonds. The molecule has 0 aromatic rings. The maximum atomic E-state index is 11.9. The first-order valence-electron chi connectivity index (χ1n) is 7.58. The van der Waals surface area contributed by atoms with Crippen molar-refractivity contribution in [3.05, 3.63) is 12.2 Å². The van der Waals surface area contributed by atoms with Gasteiger partial charge in [0.05, 0.1) is 24.7 Å². The molecule has 0 spiro atoms. The van der Waals surface area contributed by atoms with Gasteiger partial charge in [0, 0.05) is 17.4 Å². The van der Waals surface area contributed by atoms with Crippen LogP contribution in [0.2, 0.25) is 0 Å². The molecule has 21 heavy (non-hydrogen) atoms. The Morgan fingerprint density at radius 1 is 1.29 bits per heavy atom. The molecule has 116 valence electrons. The SMILES string of the molecule is C=C(C)C(=O)OC1C2CC(C3COC(=O)C32)C1OC(C)C. The fourth-order valence-corrected chi connectivity index (χ4v) is 4.15. The Morgan fingerprint density at radius 3 is 2.62 bits per heavy atom. The number of esters is 2. The molecule has 1 aliphatic heterocycles. The minimum Gasteiger partial charge on any atom is -0.465 e. The summed E-state index contributed by atoms with van der Waals surface area (Å²) in [5.41, 5.74) is 0.367. The lowest BCUT2D eigenvalue weighted by Crippen LogP contribution is -2.47. The predicted octanol–water partition coefficient (Wildman–Crippen LogP) is 1.71. The van der Waals surface area contributed by atoms with Gasteiger partial charge in [-0.3, -0.25) is 4.79 Å². The second-order valence-corrected chi connectivity index (χ2v) is 6.68. The number of ether oxygens (including phenoxy) is 3. The van der Waals surface area contributed by atoms with E-state index in [-0.39, 0.29) is 48.0 Å². The van der Waals surface area contributed by atoms with Crippen LogP contribution in [0.4, 0.5) is 0 Å². The molecule has 1 heterocycles. The Bertz CT molecular complexity index is 483. The highest BCUT2D eigenvalue weighted by Crippen LogP contribution is 2.57. The van der Waals surface area contributed by atoms with E-state index in [1.165, 1.54) is 0 Å². The minimum absolute atomic E-state index is 0.0158. The molecule has 0 N–H and O–H groups in total. The minimum atomic E-state index is -0.409. The van der Waals surface area contributed by atoms with E-state index in [2.05, 4.69) is 6.58 Å². The zero-order valence-electron chi connectivity index (χ0n) is 12.7. The molecule has 0 aromatic carbocycles. The Hall–Kier alpha value is -1.36. The number of hydrogen-bond acceptors (Lipinski definition) is 5. The Labute approximate surface area is 124 Å². The van der Waals surface area contributed by atoms with Crippen molar-refractivity contribution in [2.24, 2.45) is 23.7 Å². The van der Waals surface area contributed by atoms with Crippen LogP contribution in [-0.2, 0) is 23.8 Å². The maximum absolute atomic E-state index is 11.9. The van der Waals surface area contributed by atoms with Crippen LogP contribution in [0, 0.1) is 23.7 Å². The lowest BCUT2D eigenvalue weighted by atomic mass is 9.78. The van der Waals surface area contributed by atoms with E-state index in [1.807, 2.05) is 13.8 Å². The van der Waals surface area contributed by atoms with E-state index >= 15 is 0 Å². The fourth-order valence-electron chi connectivity index (χ4n) is 4.15. The summed E-state index contributed by atoms with van der Waals surface area (Å²) >= 11 is 0. The van der Waals surface area contributed by atoms with Crippen molar-refractivity contribution in [1.29, 1.82) is 0 Å². The summed E-state index contributed by atoms with van der Waals surface area (Å²) in [5.74, 6) is -0.227. The molecule has 0 radical (unpaired) electrons. The predicted molar refractivity (Wildman–Crippen MR) is 74.2 cm³/mol. The monoisotopic (exact) mass is 294 g/mol. The first kappa shape index (κ1) is 14.6. The molecule has 6 atom stereocenters. The van der Waals surface area contributed by atoms with Crippen LogP contribution in [-0.4, -0.2) is 36.9 Å². The first-order chi connectivity index (χ1) is 9.90. The van der Waals surface area contributed by atoms with E-state index in [0.717, 1.165) is 6.42 Å². The van der Waals surface area contributed by atoms with Gasteiger partial charge in [0.25, 0.3) is 0 Å². The van der Waals surface area contributed by atoms with Gasteiger partial charge >= 0.3 is 11.9 Å². The molecule has 5 heteroatoms. The van der Waals surface area contributed by atoms with Gasteiger partial charge in [-0.1, -0.05) is 6.58 Å². The quantitative estimate of drug-likeness (QED) is 0.583. The number of cyclic esters (lactones) is 1. The largest absolute Gasteiger partial charge is 0.465 e. The van der Waals surface area contributed by atoms with Crippen LogP contribution in [0.3, 0.4) is 0 Å². The molecule has 5 nitrogen and oxygen atoms in total. The molecule has 3 fully saturated rings. The number of hydrogen-bond donors (Lipinski definition) is 0. The van der Waals surface area contributed by atoms with E-state index in [1.54, 1.807) is 6.92 Å². The molecule has 2 saturated carbocycles. The van der Waals surface area contributed by atoms with Crippen LogP contribution in [0.15, 0.2) is 12.2 Å². The Morgan fingerprint density at radius 2 is 2.00 bits per heavy atom. The van der Waals surface area contributed by atoms with Crippen molar-refractivity contribution >= 4 is 11.9 Å². The molecule has 3 rings (SSSR count). The highest BCUT2D eigenvalue weighted by molar-refractivity contribution is 5.87. The van der Waals surface area contributed by atoms with Crippen molar-refractivity contribution in [2.45, 2.75) is 45.5 Å². The molecule has 2 aliphatic carbocycles. The molecule has 6 unspecified atom stereocenters. The van der Waals surface area contributed by atoms with Gasteiger partial charge in [0.1, 0.15) is 6.10 Å². The zero-order valence-corrected chi connectivity index (χ0v) is 12.7. The van der Waals surface area contributed by atoms with E-state index in [9.17, 15) is 9.59 Å². The van der Waals surface area contributed by atoms with E-state index < -0.39 is 5.97 Å². The van der Waals surface area contributed by atoms with E-state index in [4.69, 9.17) is 14.2 Å². The highest BCUT2D eigenvalue weighted by Gasteiger charge is 2.65. The third-order valence-corrected chi connectivity index (χ3v) is 4.90. The summed E-state index contributed by atoms with van der Waals surface area (Å²) in [4.78, 5) is 23.8. The number of fused-ring (bicyclic) bond motifs is 5. The third-order valence-electron chi connectivity index (χ3n) is 4.90. The van der Waals surface area contributed by atoms with Gasteiger partial charge in [-0.25, -0.2) is 4.79 Å². The van der Waals surface area contributed by atoms with Gasteiger partial charge in [-0.05, 0) is 33.1 Å². The topological polar surface area (TPSA) is 61.8 Å². The smallest absolute Gasteiger partial charge is 0.333 e. The summed E-state index contributed by atoms with van der Waals surface area (Å²) in [6, 6.07) is 0. The van der Waals surface area contributed by atoms with Gasteiger partial charge in [0.15, 0.2) is 0 Å². The third kappa shape index (κ3) is 2.27. The molecule has 1 saturated heterocycles. The molecule has 0 aromatic heterocycles. The average molecular weight is 294 g/mol. The zero-order chi connectivity index (χ0) is 15.3. The van der Waals surface area contributed by atoms with Crippen LogP contribution >= 0.6 is 0 Å². The van der Waals surface area contributed by atoms with Crippen LogP contribution in [0.25, 0.3) is 0 Å². The summed E-state index contributed by atoms with van der Waals surface area (Å²) in [5, 5.41) is 0. The highest BCUT2D eigenvalue weighted by atomic mass is 16.6. The van der Waals surface area contributed by atoms with Crippen molar-refractivity contribution in [1.82, 2.24) is 0 Å². The van der Waals surface area contributed by atoms with Crippen LogP contribution < -0.4 is 0 Å². The second kappa shape index (κ2) is 5.13. The maximum Gasteiger partial charge on any atom is 0.333 e. The van der Waals surface area contributed by atoms with E-state index in [0.29, 0.717) is 12.2 Å². The molecular weight excluding hydrogens is 272 g/mol. The van der Waals surface area contributed by atoms with Crippen LogP contribution in [0.1, 0.15) is 27.2 Å². The van der Waals surface area contributed by atoms with Crippen molar-refractivity contribution in [3.63, 3.8) is 0 Å². The lowest BCUT2D eigenvalue weighted by Gasteiger charge is -2.36. The van der Waals surface area contributed by atoms with Gasteiger partial charge < -0.3 is 14.2 Å². The summed E-state index contributed by atoms with van der Waals surface area (Å²) in [6.45, 7) is 9.66. The van der Waals surface area contributed by atoms with Crippen molar-refractivity contribution in [2.75, 3.05) is 6.61 Å². The van der Waals surface area contributed by atoms with Crippen molar-refractivity contribution < 1.29 is 23.8 Å². The molecule has 3 aliphatic rings. The fraction of sp³-hybridized carbons (Fsp3) is 0.750. The summed E-state index contributed by atoms with van der Waals surface area (Å²) in [7, 11) is 0. The van der Waals surface area contributed by atoms with Crippen LogP contribution in [0.5, 0.6) is 0 Å². The van der Waals surface area contributed by atoms with Gasteiger partial charge in [-0.15, -0.1) is 0 Å². The number of carbonyl (C=O) groups is 2. The van der Waals surface area contributed by atoms with Gasteiger partial charge in [-0.2, -0.15) is 0 Å². The number of rotatable bonds is 4. The Kier molecular flexibility index (Phi) is 3.56. The molecule has 2 bridgehead atoms. The van der Waals surface area contributed by atoms with Gasteiger partial charge in [0.2, 0.25) is 0 Å².